The summed E-state index contributed by atoms with van der Waals surface area (Å²) in [6.45, 7) is 1.44. The van der Waals surface area contributed by atoms with Gasteiger partial charge in [-0.1, -0.05) is 18.2 Å². The van der Waals surface area contributed by atoms with Gasteiger partial charge in [-0.25, -0.2) is 0 Å². The van der Waals surface area contributed by atoms with Crippen molar-refractivity contribution in [2.24, 2.45) is 0 Å². The predicted molar refractivity (Wildman–Crippen MR) is 108 cm³/mol. The van der Waals surface area contributed by atoms with E-state index in [1.54, 1.807) is 42.7 Å². The van der Waals surface area contributed by atoms with Crippen LogP contribution in [0.25, 0.3) is 0 Å². The highest BCUT2D eigenvalue weighted by Gasteiger charge is 2.22. The largest absolute Gasteiger partial charge is 0.350 e. The molecule has 1 saturated heterocycles. The molecule has 0 aromatic heterocycles. The van der Waals surface area contributed by atoms with Gasteiger partial charge in [0.15, 0.2) is 5.78 Å². The fraction of sp³-hybridized carbons (Fsp3) is 0.300. The molecule has 1 atom stereocenters. The molecule has 0 aliphatic carbocycles. The Morgan fingerprint density at radius 3 is 2.64 bits per heavy atom. The minimum absolute atomic E-state index is 0.118. The van der Waals surface area contributed by atoms with Crippen molar-refractivity contribution in [3.63, 3.8) is 0 Å². The Balaban J connectivity index is 1.85. The van der Waals surface area contributed by atoms with Gasteiger partial charge in [0.05, 0.1) is 15.4 Å². The third kappa shape index (κ3) is 4.40. The summed E-state index contributed by atoms with van der Waals surface area (Å²) < 4.78 is 0. The van der Waals surface area contributed by atoms with Crippen LogP contribution in [0.1, 0.15) is 39.1 Å². The lowest BCUT2D eigenvalue weighted by molar-refractivity contribution is -0.387. The third-order valence-corrected chi connectivity index (χ3v) is 5.51. The van der Waals surface area contributed by atoms with Crippen LogP contribution in [0.3, 0.4) is 0 Å². The summed E-state index contributed by atoms with van der Waals surface area (Å²) >= 11 is 1.24. The second-order valence-electron chi connectivity index (χ2n) is 6.52. The van der Waals surface area contributed by atoms with Gasteiger partial charge in [-0.15, -0.1) is 11.8 Å². The monoisotopic (exact) mass is 399 g/mol. The van der Waals surface area contributed by atoms with E-state index in [4.69, 9.17) is 0 Å². The van der Waals surface area contributed by atoms with Crippen LogP contribution in [-0.4, -0.2) is 42.0 Å². The van der Waals surface area contributed by atoms with E-state index in [9.17, 15) is 19.7 Å². The van der Waals surface area contributed by atoms with E-state index in [-0.39, 0.29) is 34.3 Å². The number of amides is 1. The number of nitrogens with zero attached hydrogens (tertiary/aromatic N) is 1. The van der Waals surface area contributed by atoms with Gasteiger partial charge in [0.2, 0.25) is 0 Å². The second kappa shape index (κ2) is 8.99. The molecule has 8 heteroatoms. The molecule has 1 unspecified atom stereocenters. The molecule has 146 valence electrons. The number of hydrogen-bond acceptors (Lipinski definition) is 6. The van der Waals surface area contributed by atoms with Crippen molar-refractivity contribution in [3.05, 3.63) is 69.3 Å². The molecule has 2 aromatic rings. The van der Waals surface area contributed by atoms with Gasteiger partial charge in [-0.05, 0) is 43.8 Å². The molecule has 0 bridgehead atoms. The summed E-state index contributed by atoms with van der Waals surface area (Å²) in [6, 6.07) is 11.2. The van der Waals surface area contributed by atoms with Gasteiger partial charge in [-0.2, -0.15) is 0 Å². The number of nitrogens with one attached hydrogen (secondary N) is 2. The molecule has 7 nitrogen and oxygen atoms in total. The van der Waals surface area contributed by atoms with Crippen molar-refractivity contribution in [2.75, 3.05) is 19.3 Å². The van der Waals surface area contributed by atoms with E-state index < -0.39 is 10.7 Å². The maximum absolute atomic E-state index is 13.0. The Kier molecular flexibility index (Phi) is 6.43. The molecule has 1 heterocycles. The number of hydrogen-bond donors (Lipinski definition) is 2. The van der Waals surface area contributed by atoms with E-state index in [1.165, 1.54) is 17.8 Å². The van der Waals surface area contributed by atoms with Crippen LogP contribution >= 0.6 is 11.8 Å². The number of nitro groups is 1. The maximum atomic E-state index is 13.0. The molecule has 1 fully saturated rings. The minimum Gasteiger partial charge on any atom is -0.350 e. The predicted octanol–water partition coefficient (Wildman–Crippen LogP) is 3.03. The topological polar surface area (TPSA) is 101 Å². The molecule has 0 spiro atoms. The fourth-order valence-electron chi connectivity index (χ4n) is 3.25. The van der Waals surface area contributed by atoms with E-state index in [0.29, 0.717) is 11.4 Å². The molecule has 28 heavy (non-hydrogen) atoms. The highest BCUT2D eigenvalue weighted by molar-refractivity contribution is 7.98. The lowest BCUT2D eigenvalue weighted by atomic mass is 9.97. The highest BCUT2D eigenvalue weighted by Crippen LogP contribution is 2.29. The molecule has 2 N–H and O–H groups in total. The van der Waals surface area contributed by atoms with Crippen molar-refractivity contribution in [1.29, 1.82) is 0 Å². The van der Waals surface area contributed by atoms with E-state index in [1.807, 2.05) is 0 Å². The maximum Gasteiger partial charge on any atom is 0.283 e. The standard InChI is InChI=1S/C20H21N3O4S/c1-28-18-9-8-13(11-17(18)23(26)27)19(24)15-6-2-3-7-16(15)20(25)22-12-14-5-4-10-21-14/h2-3,6-9,11,14,21H,4-5,10,12H2,1H3,(H,22,25). The first-order valence-corrected chi connectivity index (χ1v) is 10.2. The number of benzene rings is 2. The molecule has 0 saturated carbocycles. The zero-order valence-corrected chi connectivity index (χ0v) is 16.3. The number of ketones is 1. The van der Waals surface area contributed by atoms with Crippen LogP contribution in [0.15, 0.2) is 47.4 Å². The average Bonchev–Trinajstić information content (AvgIpc) is 3.24. The van der Waals surface area contributed by atoms with E-state index >= 15 is 0 Å². The minimum atomic E-state index is -0.504. The van der Waals surface area contributed by atoms with Gasteiger partial charge in [-0.3, -0.25) is 19.7 Å². The molecule has 1 aliphatic rings. The first kappa shape index (κ1) is 20.0. The van der Waals surface area contributed by atoms with Crippen molar-refractivity contribution >= 4 is 29.1 Å². The summed E-state index contributed by atoms with van der Waals surface area (Å²) in [5.41, 5.74) is 0.558. The van der Waals surface area contributed by atoms with Gasteiger partial charge >= 0.3 is 0 Å². The van der Waals surface area contributed by atoms with Gasteiger partial charge in [0.1, 0.15) is 0 Å². The van der Waals surface area contributed by atoms with Crippen LogP contribution in [0.5, 0.6) is 0 Å². The molecule has 2 aromatic carbocycles. The Morgan fingerprint density at radius 1 is 1.25 bits per heavy atom. The number of nitro benzene ring substituents is 1. The Bertz CT molecular complexity index is 910. The van der Waals surface area contributed by atoms with Crippen LogP contribution in [0.4, 0.5) is 5.69 Å². The molecule has 0 radical (unpaired) electrons. The van der Waals surface area contributed by atoms with Crippen LogP contribution in [0.2, 0.25) is 0 Å². The van der Waals surface area contributed by atoms with Crippen molar-refractivity contribution in [2.45, 2.75) is 23.8 Å². The molecular formula is C20H21N3O4S. The fourth-order valence-corrected chi connectivity index (χ4v) is 3.80. The summed E-state index contributed by atoms with van der Waals surface area (Å²) in [4.78, 5) is 36.9. The summed E-state index contributed by atoms with van der Waals surface area (Å²) in [5.74, 6) is -0.742. The van der Waals surface area contributed by atoms with Gasteiger partial charge in [0.25, 0.3) is 11.6 Å². The summed E-state index contributed by atoms with van der Waals surface area (Å²) in [5, 5.41) is 17.5. The lowest BCUT2D eigenvalue weighted by Gasteiger charge is -2.13. The van der Waals surface area contributed by atoms with Crippen LogP contribution < -0.4 is 10.6 Å². The smallest absolute Gasteiger partial charge is 0.283 e. The molecule has 1 aliphatic heterocycles. The van der Waals surface area contributed by atoms with Gasteiger partial charge in [0, 0.05) is 29.8 Å². The molecular weight excluding hydrogens is 378 g/mol. The second-order valence-corrected chi connectivity index (χ2v) is 7.37. The van der Waals surface area contributed by atoms with E-state index in [2.05, 4.69) is 10.6 Å². The zero-order chi connectivity index (χ0) is 20.1. The zero-order valence-electron chi connectivity index (χ0n) is 15.4. The first-order valence-electron chi connectivity index (χ1n) is 8.99. The van der Waals surface area contributed by atoms with Crippen molar-refractivity contribution < 1.29 is 14.5 Å². The van der Waals surface area contributed by atoms with Crippen LogP contribution in [-0.2, 0) is 0 Å². The van der Waals surface area contributed by atoms with E-state index in [0.717, 1.165) is 19.4 Å². The Labute approximate surface area is 167 Å². The van der Waals surface area contributed by atoms with Crippen LogP contribution in [0, 0.1) is 10.1 Å². The Hall–Kier alpha value is -2.71. The number of thioether (sulfide) groups is 1. The van der Waals surface area contributed by atoms with Crippen molar-refractivity contribution in [3.8, 4) is 0 Å². The quantitative estimate of drug-likeness (QED) is 0.321. The first-order chi connectivity index (χ1) is 13.5. The SMILES string of the molecule is CSc1ccc(C(=O)c2ccccc2C(=O)NCC2CCCN2)cc1[N+](=O)[O-]. The summed E-state index contributed by atoms with van der Waals surface area (Å²) in [6.07, 6.45) is 3.83. The van der Waals surface area contributed by atoms with Gasteiger partial charge < -0.3 is 10.6 Å². The average molecular weight is 399 g/mol. The lowest BCUT2D eigenvalue weighted by Crippen LogP contribution is -2.37. The number of rotatable bonds is 7. The molecule has 1 amide bonds. The van der Waals surface area contributed by atoms with Crippen molar-refractivity contribution in [1.82, 2.24) is 10.6 Å². The Morgan fingerprint density at radius 2 is 2.00 bits per heavy atom. The number of carbonyl (C=O) groups is 2. The number of carbonyl (C=O) groups excluding carboxylic acids is 2. The normalized spacial score (nSPS) is 16.0. The highest BCUT2D eigenvalue weighted by atomic mass is 32.2. The summed E-state index contributed by atoms with van der Waals surface area (Å²) in [7, 11) is 0. The third-order valence-electron chi connectivity index (χ3n) is 4.73. The molecule has 3 rings (SSSR count).